The molecule has 8 nitrogen and oxygen atoms in total. The highest BCUT2D eigenvalue weighted by Gasteiger charge is 2.17. The van der Waals surface area contributed by atoms with Gasteiger partial charge in [-0.3, -0.25) is 9.59 Å². The molecule has 0 aliphatic carbocycles. The van der Waals surface area contributed by atoms with Crippen LogP contribution in [0, 0.1) is 0 Å². The summed E-state index contributed by atoms with van der Waals surface area (Å²) in [7, 11) is 0. The smallest absolute Gasteiger partial charge is 0.335 e. The first kappa shape index (κ1) is 20.7. The van der Waals surface area contributed by atoms with E-state index >= 15 is 0 Å². The number of rotatable bonds is 6. The second-order valence-corrected chi connectivity index (χ2v) is 6.83. The molecule has 2 amide bonds. The number of hydrogen-bond donors (Lipinski definition) is 3. The van der Waals surface area contributed by atoms with Gasteiger partial charge in [-0.15, -0.1) is 0 Å². The topological polar surface area (TPSA) is 114 Å². The van der Waals surface area contributed by atoms with E-state index in [1.807, 2.05) is 0 Å². The van der Waals surface area contributed by atoms with Crippen LogP contribution in [0.3, 0.4) is 0 Å². The van der Waals surface area contributed by atoms with E-state index < -0.39 is 17.8 Å². The summed E-state index contributed by atoms with van der Waals surface area (Å²) in [4.78, 5) is 36.7. The molecule has 1 aliphatic heterocycles. The van der Waals surface area contributed by atoms with Gasteiger partial charge in [-0.2, -0.15) is 0 Å². The predicted molar refractivity (Wildman–Crippen MR) is 116 cm³/mol. The largest absolute Gasteiger partial charge is 0.478 e. The van der Waals surface area contributed by atoms with Crippen LogP contribution in [-0.4, -0.2) is 29.7 Å². The summed E-state index contributed by atoms with van der Waals surface area (Å²) in [5.41, 5.74) is 1.48. The molecule has 160 valence electrons. The molecule has 0 saturated heterocycles. The van der Waals surface area contributed by atoms with E-state index in [9.17, 15) is 14.4 Å². The Hall–Kier alpha value is -4.59. The number of aromatic carboxylic acids is 1. The predicted octanol–water partition coefficient (Wildman–Crippen LogP) is 3.52. The van der Waals surface area contributed by atoms with Gasteiger partial charge in [0.15, 0.2) is 11.5 Å². The summed E-state index contributed by atoms with van der Waals surface area (Å²) in [6, 6.07) is 19.3. The molecule has 3 aromatic carbocycles. The maximum atomic E-state index is 13.0. The van der Waals surface area contributed by atoms with Crippen molar-refractivity contribution in [2.24, 2.45) is 0 Å². The fourth-order valence-corrected chi connectivity index (χ4v) is 3.01. The number of carbonyl (C=O) groups excluding carboxylic acids is 2. The van der Waals surface area contributed by atoms with E-state index in [0.29, 0.717) is 28.3 Å². The van der Waals surface area contributed by atoms with Crippen LogP contribution in [0.15, 0.2) is 78.5 Å². The van der Waals surface area contributed by atoms with Gasteiger partial charge in [0.2, 0.25) is 6.79 Å². The molecule has 0 spiro atoms. The summed E-state index contributed by atoms with van der Waals surface area (Å²) in [5, 5.41) is 14.3. The van der Waals surface area contributed by atoms with Crippen LogP contribution in [0.4, 0.5) is 5.69 Å². The van der Waals surface area contributed by atoms with Gasteiger partial charge in [-0.05, 0) is 60.2 Å². The highest BCUT2D eigenvalue weighted by atomic mass is 16.7. The molecule has 0 fully saturated rings. The lowest BCUT2D eigenvalue weighted by Crippen LogP contribution is -2.30. The zero-order valence-corrected chi connectivity index (χ0v) is 16.7. The summed E-state index contributed by atoms with van der Waals surface area (Å²) >= 11 is 0. The highest BCUT2D eigenvalue weighted by Crippen LogP contribution is 2.33. The third-order valence-electron chi connectivity index (χ3n) is 4.63. The van der Waals surface area contributed by atoms with Gasteiger partial charge in [-0.1, -0.05) is 24.3 Å². The minimum Gasteiger partial charge on any atom is -0.478 e. The van der Waals surface area contributed by atoms with Crippen LogP contribution in [0.2, 0.25) is 0 Å². The number of carbonyl (C=O) groups is 3. The molecule has 1 aliphatic rings. The van der Waals surface area contributed by atoms with Crippen molar-refractivity contribution in [1.82, 2.24) is 5.32 Å². The Kier molecular flexibility index (Phi) is 5.85. The molecule has 0 aromatic heterocycles. The summed E-state index contributed by atoms with van der Waals surface area (Å²) < 4.78 is 10.7. The van der Waals surface area contributed by atoms with Crippen molar-refractivity contribution in [3.63, 3.8) is 0 Å². The molecule has 0 bridgehead atoms. The second-order valence-electron chi connectivity index (χ2n) is 6.83. The van der Waals surface area contributed by atoms with Gasteiger partial charge in [0, 0.05) is 11.3 Å². The Morgan fingerprint density at radius 2 is 1.56 bits per heavy atom. The van der Waals surface area contributed by atoms with E-state index in [1.54, 1.807) is 48.5 Å². The van der Waals surface area contributed by atoms with E-state index in [2.05, 4.69) is 10.6 Å². The number of fused-ring (bicyclic) bond motifs is 1. The number of amides is 2. The number of hydrogen-bond acceptors (Lipinski definition) is 5. The molecule has 4 rings (SSSR count). The Morgan fingerprint density at radius 1 is 0.844 bits per heavy atom. The summed E-state index contributed by atoms with van der Waals surface area (Å²) in [6.45, 7) is 0.118. The Labute approximate surface area is 183 Å². The second kappa shape index (κ2) is 9.05. The number of ether oxygens (including phenoxy) is 2. The minimum absolute atomic E-state index is 0.0000273. The molecule has 1 heterocycles. The number of carboxylic acids is 1. The summed E-state index contributed by atoms with van der Waals surface area (Å²) in [5.74, 6) is -0.956. The van der Waals surface area contributed by atoms with Crippen LogP contribution in [0.1, 0.15) is 26.3 Å². The first-order chi connectivity index (χ1) is 15.5. The van der Waals surface area contributed by atoms with Crippen LogP contribution in [0.5, 0.6) is 11.5 Å². The molecule has 8 heteroatoms. The Balaban J connectivity index is 1.60. The van der Waals surface area contributed by atoms with Crippen molar-refractivity contribution in [2.45, 2.75) is 0 Å². The fraction of sp³-hybridized carbons (Fsp3) is 0.0417. The Morgan fingerprint density at radius 3 is 2.28 bits per heavy atom. The quantitative estimate of drug-likeness (QED) is 0.516. The van der Waals surface area contributed by atoms with E-state index in [4.69, 9.17) is 14.6 Å². The SMILES string of the molecule is O=C(Nc1ccc(C(=O)O)cc1)/C(=C\c1ccc2c(c1)OCO2)NC(=O)c1ccccc1. The highest BCUT2D eigenvalue weighted by molar-refractivity contribution is 6.10. The van der Waals surface area contributed by atoms with Crippen LogP contribution >= 0.6 is 0 Å². The normalized spacial score (nSPS) is 12.2. The van der Waals surface area contributed by atoms with Gasteiger partial charge in [0.1, 0.15) is 5.70 Å². The van der Waals surface area contributed by atoms with Crippen molar-refractivity contribution < 1.29 is 29.0 Å². The Bertz CT molecular complexity index is 1200. The summed E-state index contributed by atoms with van der Waals surface area (Å²) in [6.07, 6.45) is 1.52. The van der Waals surface area contributed by atoms with Gasteiger partial charge < -0.3 is 25.2 Å². The van der Waals surface area contributed by atoms with Crippen molar-refractivity contribution in [1.29, 1.82) is 0 Å². The van der Waals surface area contributed by atoms with Crippen molar-refractivity contribution in [3.05, 3.63) is 95.2 Å². The van der Waals surface area contributed by atoms with Gasteiger partial charge in [0.05, 0.1) is 5.56 Å². The molecule has 0 radical (unpaired) electrons. The molecule has 3 N–H and O–H groups in total. The van der Waals surface area contributed by atoms with Gasteiger partial charge in [0.25, 0.3) is 11.8 Å². The van der Waals surface area contributed by atoms with Gasteiger partial charge in [-0.25, -0.2) is 4.79 Å². The third-order valence-corrected chi connectivity index (χ3v) is 4.63. The molecular weight excluding hydrogens is 412 g/mol. The fourth-order valence-electron chi connectivity index (χ4n) is 3.01. The lowest BCUT2D eigenvalue weighted by atomic mass is 10.1. The number of carboxylic acid groups (broad SMARTS) is 1. The van der Waals surface area contributed by atoms with E-state index in [-0.39, 0.29) is 18.1 Å². The van der Waals surface area contributed by atoms with Crippen molar-refractivity contribution >= 4 is 29.5 Å². The first-order valence-electron chi connectivity index (χ1n) is 9.62. The first-order valence-corrected chi connectivity index (χ1v) is 9.62. The average Bonchev–Trinajstić information content (AvgIpc) is 3.27. The van der Waals surface area contributed by atoms with Crippen LogP contribution < -0.4 is 20.1 Å². The number of nitrogens with one attached hydrogen (secondary N) is 2. The van der Waals surface area contributed by atoms with Crippen LogP contribution in [-0.2, 0) is 4.79 Å². The zero-order valence-electron chi connectivity index (χ0n) is 16.7. The van der Waals surface area contributed by atoms with Crippen LogP contribution in [0.25, 0.3) is 6.08 Å². The lowest BCUT2D eigenvalue weighted by Gasteiger charge is -2.12. The molecule has 0 atom stereocenters. The van der Waals surface area contributed by atoms with E-state index in [0.717, 1.165) is 0 Å². The molecule has 0 saturated carbocycles. The molecule has 0 unspecified atom stereocenters. The maximum absolute atomic E-state index is 13.0. The third kappa shape index (κ3) is 4.76. The maximum Gasteiger partial charge on any atom is 0.335 e. The molecule has 32 heavy (non-hydrogen) atoms. The standard InChI is InChI=1S/C24H18N2O6/c27-22(16-4-2-1-3-5-16)26-19(12-15-6-11-20-21(13-15)32-14-31-20)23(28)25-18-9-7-17(8-10-18)24(29)30/h1-13H,14H2,(H,25,28)(H,26,27)(H,29,30)/b19-12+. The van der Waals surface area contributed by atoms with Crippen molar-refractivity contribution in [2.75, 3.05) is 12.1 Å². The number of benzene rings is 3. The number of anilines is 1. The monoisotopic (exact) mass is 430 g/mol. The van der Waals surface area contributed by atoms with Crippen molar-refractivity contribution in [3.8, 4) is 11.5 Å². The van der Waals surface area contributed by atoms with E-state index in [1.165, 1.54) is 30.3 Å². The molecule has 3 aromatic rings. The lowest BCUT2D eigenvalue weighted by molar-refractivity contribution is -0.113. The molecular formula is C24H18N2O6. The van der Waals surface area contributed by atoms with Gasteiger partial charge >= 0.3 is 5.97 Å². The zero-order chi connectivity index (χ0) is 22.5. The minimum atomic E-state index is -1.07. The average molecular weight is 430 g/mol.